The smallest absolute Gasteiger partial charge is 0.333 e. The van der Waals surface area contributed by atoms with Crippen molar-refractivity contribution < 1.29 is 0 Å². The summed E-state index contributed by atoms with van der Waals surface area (Å²) in [5.74, 6) is 0. The monoisotopic (exact) mass is 777 g/mol. The zero-order valence-electron chi connectivity index (χ0n) is 34.1. The van der Waals surface area contributed by atoms with E-state index in [2.05, 4.69) is 225 Å². The molecule has 59 heavy (non-hydrogen) atoms. The molecule has 11 rings (SSSR count). The van der Waals surface area contributed by atoms with E-state index in [1.165, 1.54) is 88.1 Å². The second kappa shape index (κ2) is 13.6. The Balaban J connectivity index is 1.24. The predicted molar refractivity (Wildman–Crippen MR) is 252 cm³/mol. The molecule has 0 N–H and O–H groups in total. The Morgan fingerprint density at radius 1 is 0.475 bits per heavy atom. The molecule has 0 bridgehead atoms. The van der Waals surface area contributed by atoms with Gasteiger partial charge in [0.05, 0.1) is 0 Å². The summed E-state index contributed by atoms with van der Waals surface area (Å²) in [6, 6.07) is 65.4. The fourth-order valence-electron chi connectivity index (χ4n) is 9.94. The highest BCUT2D eigenvalue weighted by atomic mass is 32.2. The van der Waals surface area contributed by atoms with Gasteiger partial charge in [0, 0.05) is 66.3 Å². The molecule has 0 aliphatic carbocycles. The maximum absolute atomic E-state index is 2.67. The van der Waals surface area contributed by atoms with E-state index in [0.29, 0.717) is 0 Å². The van der Waals surface area contributed by atoms with Crippen molar-refractivity contribution in [3.05, 3.63) is 204 Å². The van der Waals surface area contributed by atoms with Crippen LogP contribution in [0.15, 0.2) is 186 Å². The molecule has 8 aromatic carbocycles. The third-order valence-electron chi connectivity index (χ3n) is 12.7. The van der Waals surface area contributed by atoms with Crippen molar-refractivity contribution in [1.82, 2.24) is 0 Å². The first-order valence-electron chi connectivity index (χ1n) is 20.6. The summed E-state index contributed by atoms with van der Waals surface area (Å²) in [5.41, 5.74) is 21.0. The summed E-state index contributed by atoms with van der Waals surface area (Å²) in [6.45, 7) is 11.5. The Hall–Kier alpha value is -6.43. The molecular formula is C54H44BN3S. The summed E-state index contributed by atoms with van der Waals surface area (Å²) in [6.07, 6.45) is 0. The molecule has 0 spiro atoms. The third-order valence-corrected chi connectivity index (χ3v) is 13.9. The van der Waals surface area contributed by atoms with Gasteiger partial charge in [0.2, 0.25) is 0 Å². The molecule has 3 nitrogen and oxygen atoms in total. The van der Waals surface area contributed by atoms with Crippen LogP contribution >= 0.6 is 11.8 Å². The van der Waals surface area contributed by atoms with Crippen LogP contribution in [0.3, 0.4) is 0 Å². The lowest BCUT2D eigenvalue weighted by Crippen LogP contribution is -2.62. The zero-order chi connectivity index (χ0) is 40.0. The summed E-state index contributed by atoms with van der Waals surface area (Å²) in [5, 5.41) is 0. The first-order chi connectivity index (χ1) is 28.8. The number of para-hydroxylation sites is 4. The van der Waals surface area contributed by atoms with Crippen molar-refractivity contribution in [3.63, 3.8) is 0 Å². The predicted octanol–water partition coefficient (Wildman–Crippen LogP) is 13.6. The molecule has 3 aliphatic heterocycles. The van der Waals surface area contributed by atoms with Crippen LogP contribution < -0.4 is 25.5 Å². The number of hydrogen-bond acceptors (Lipinski definition) is 4. The van der Waals surface area contributed by atoms with Gasteiger partial charge in [-0.25, -0.2) is 0 Å². The van der Waals surface area contributed by atoms with Crippen LogP contribution in [-0.2, 0) is 5.41 Å². The summed E-state index contributed by atoms with van der Waals surface area (Å²) in [7, 11) is 0. The second-order valence-electron chi connectivity index (χ2n) is 16.8. The van der Waals surface area contributed by atoms with Gasteiger partial charge >= 0.3 is 6.85 Å². The molecule has 284 valence electrons. The quantitative estimate of drug-likeness (QED) is 0.161. The minimum Gasteiger partial charge on any atom is -0.376 e. The normalized spacial score (nSPS) is 14.2. The van der Waals surface area contributed by atoms with E-state index >= 15 is 0 Å². The van der Waals surface area contributed by atoms with Crippen LogP contribution in [0.2, 0.25) is 0 Å². The number of anilines is 8. The molecule has 0 amide bonds. The number of rotatable bonds is 5. The van der Waals surface area contributed by atoms with Crippen molar-refractivity contribution in [2.24, 2.45) is 0 Å². The van der Waals surface area contributed by atoms with Crippen LogP contribution in [0.25, 0.3) is 11.1 Å². The first-order valence-corrected chi connectivity index (χ1v) is 21.5. The molecule has 0 unspecified atom stereocenters. The van der Waals surface area contributed by atoms with E-state index in [0.717, 1.165) is 17.1 Å². The fraction of sp³-hybridized carbons (Fsp3) is 0.111. The maximum Gasteiger partial charge on any atom is 0.333 e. The van der Waals surface area contributed by atoms with Gasteiger partial charge in [-0.05, 0) is 144 Å². The Bertz CT molecular complexity index is 2920. The largest absolute Gasteiger partial charge is 0.376 e. The SMILES string of the molecule is Cc1cc2c3c(c1)N(c1ccccc1C)c1ccc(N(c4ccccc4)c4ccccc4)cc1B3N(c1ccccc1C)c1cc3c(cc1-2)C(C)(C)c1ccccc1S3. The molecule has 5 heteroatoms. The lowest BCUT2D eigenvalue weighted by molar-refractivity contribution is 0.607. The first kappa shape index (κ1) is 35.7. The number of fused-ring (bicyclic) bond motifs is 6. The number of nitrogens with zero attached hydrogens (tertiary/aromatic N) is 3. The fourth-order valence-corrected chi connectivity index (χ4v) is 11.4. The van der Waals surface area contributed by atoms with Gasteiger partial charge in [0.25, 0.3) is 0 Å². The van der Waals surface area contributed by atoms with E-state index in [9.17, 15) is 0 Å². The molecule has 0 atom stereocenters. The Labute approximate surface area is 352 Å². The van der Waals surface area contributed by atoms with Gasteiger partial charge in [0.1, 0.15) is 0 Å². The molecule has 3 heterocycles. The van der Waals surface area contributed by atoms with E-state index in [4.69, 9.17) is 0 Å². The number of hydrogen-bond donors (Lipinski definition) is 0. The van der Waals surface area contributed by atoms with Gasteiger partial charge in [-0.2, -0.15) is 0 Å². The molecule has 0 radical (unpaired) electrons. The van der Waals surface area contributed by atoms with Crippen LogP contribution in [0.1, 0.15) is 41.7 Å². The van der Waals surface area contributed by atoms with Gasteiger partial charge in [0.15, 0.2) is 0 Å². The molecular weight excluding hydrogens is 733 g/mol. The van der Waals surface area contributed by atoms with Crippen molar-refractivity contribution in [3.8, 4) is 11.1 Å². The number of aryl methyl sites for hydroxylation is 3. The average molecular weight is 778 g/mol. The van der Waals surface area contributed by atoms with Gasteiger partial charge in [-0.3, -0.25) is 0 Å². The maximum atomic E-state index is 2.67. The molecule has 0 aromatic heterocycles. The zero-order valence-corrected chi connectivity index (χ0v) is 34.9. The molecule has 0 saturated heterocycles. The van der Waals surface area contributed by atoms with Crippen molar-refractivity contribution >= 4 is 75.0 Å². The third kappa shape index (κ3) is 5.52. The van der Waals surface area contributed by atoms with Gasteiger partial charge in [-0.1, -0.05) is 123 Å². The Morgan fingerprint density at radius 3 is 1.80 bits per heavy atom. The minimum absolute atomic E-state index is 0.107. The highest BCUT2D eigenvalue weighted by Gasteiger charge is 2.47. The lowest BCUT2D eigenvalue weighted by Gasteiger charge is -2.47. The van der Waals surface area contributed by atoms with E-state index in [1.807, 2.05) is 11.8 Å². The topological polar surface area (TPSA) is 9.72 Å². The molecule has 0 saturated carbocycles. The lowest BCUT2D eigenvalue weighted by atomic mass is 9.43. The van der Waals surface area contributed by atoms with E-state index in [1.54, 1.807) is 0 Å². The van der Waals surface area contributed by atoms with Crippen LogP contribution in [-0.4, -0.2) is 6.85 Å². The average Bonchev–Trinajstić information content (AvgIpc) is 3.25. The van der Waals surface area contributed by atoms with Crippen LogP contribution in [0.4, 0.5) is 45.5 Å². The minimum atomic E-state index is -0.159. The summed E-state index contributed by atoms with van der Waals surface area (Å²) in [4.78, 5) is 10.3. The van der Waals surface area contributed by atoms with Crippen molar-refractivity contribution in [1.29, 1.82) is 0 Å². The van der Waals surface area contributed by atoms with Crippen molar-refractivity contribution in [2.45, 2.75) is 49.8 Å². The van der Waals surface area contributed by atoms with E-state index in [-0.39, 0.29) is 12.3 Å². The molecule has 3 aliphatic rings. The van der Waals surface area contributed by atoms with Crippen molar-refractivity contribution in [2.75, 3.05) is 14.6 Å². The van der Waals surface area contributed by atoms with Gasteiger partial charge in [-0.15, -0.1) is 0 Å². The van der Waals surface area contributed by atoms with Gasteiger partial charge < -0.3 is 14.6 Å². The Kier molecular flexibility index (Phi) is 8.22. The number of benzene rings is 8. The molecule has 8 aromatic rings. The Morgan fingerprint density at radius 2 is 1.10 bits per heavy atom. The van der Waals surface area contributed by atoms with Crippen LogP contribution in [0, 0.1) is 20.8 Å². The van der Waals surface area contributed by atoms with Crippen LogP contribution in [0.5, 0.6) is 0 Å². The second-order valence-corrected chi connectivity index (χ2v) is 17.8. The summed E-state index contributed by atoms with van der Waals surface area (Å²) < 4.78 is 0. The van der Waals surface area contributed by atoms with E-state index < -0.39 is 0 Å². The standard InChI is InChI=1S/C54H44BN3S/c1-35-30-42-41-33-44-52(59-51-27-17-14-24-43(51)54(44,4)5)34-49(41)58(47-26-16-13-19-37(47)3)55-45-32-40(56(38-20-8-6-9-21-38)39-22-10-7-11-23-39)28-29-48(45)57(50(31-35)53(42)55)46-25-15-12-18-36(46)2/h6-34H,1-5H3. The highest BCUT2D eigenvalue weighted by molar-refractivity contribution is 7.99. The summed E-state index contributed by atoms with van der Waals surface area (Å²) >= 11 is 1.91. The highest BCUT2D eigenvalue weighted by Crippen LogP contribution is 2.55. The molecule has 0 fully saturated rings.